The van der Waals surface area contributed by atoms with E-state index >= 15 is 0 Å². The average molecular weight is 403 g/mol. The Bertz CT molecular complexity index is 865. The molecule has 0 spiro atoms. The summed E-state index contributed by atoms with van der Waals surface area (Å²) in [7, 11) is 0. The summed E-state index contributed by atoms with van der Waals surface area (Å²) in [5.74, 6) is -1.29. The number of halogens is 1. The molecule has 2 N–H and O–H groups in total. The zero-order chi connectivity index (χ0) is 20.7. The molecule has 7 heteroatoms. The van der Waals surface area contributed by atoms with Gasteiger partial charge in [0.1, 0.15) is 0 Å². The number of anilines is 1. The molecule has 0 unspecified atom stereocenters. The van der Waals surface area contributed by atoms with Gasteiger partial charge in [0.05, 0.1) is 6.42 Å². The second kappa shape index (κ2) is 9.90. The highest BCUT2D eigenvalue weighted by Gasteiger charge is 2.18. The zero-order valence-corrected chi connectivity index (χ0v) is 16.8. The van der Waals surface area contributed by atoms with Crippen molar-refractivity contribution in [3.05, 3.63) is 64.2 Å². The van der Waals surface area contributed by atoms with Crippen molar-refractivity contribution in [2.24, 2.45) is 0 Å². The standard InChI is InChI=1S/C21H23ClN2O4/c1-13-4-5-14(2)18(12-13)24-20(26)15(3)28-19(25)10-11-23-21(27)16-6-8-17(22)9-7-16/h4-9,12,15H,10-11H2,1-3H3,(H,23,27)(H,24,26)/t15-/m0/s1. The Labute approximate surface area is 169 Å². The van der Waals surface area contributed by atoms with Crippen LogP contribution in [0.5, 0.6) is 0 Å². The lowest BCUT2D eigenvalue weighted by molar-refractivity contribution is -0.153. The molecule has 6 nitrogen and oxygen atoms in total. The normalized spacial score (nSPS) is 11.4. The zero-order valence-electron chi connectivity index (χ0n) is 16.0. The monoisotopic (exact) mass is 402 g/mol. The molecular weight excluding hydrogens is 380 g/mol. The minimum absolute atomic E-state index is 0.0412. The first kappa shape index (κ1) is 21.4. The number of rotatable bonds is 7. The number of aryl methyl sites for hydroxylation is 2. The summed E-state index contributed by atoms with van der Waals surface area (Å²) in [6, 6.07) is 12.1. The van der Waals surface area contributed by atoms with Crippen molar-refractivity contribution in [1.29, 1.82) is 0 Å². The van der Waals surface area contributed by atoms with Gasteiger partial charge in [-0.15, -0.1) is 0 Å². The molecular formula is C21H23ClN2O4. The summed E-state index contributed by atoms with van der Waals surface area (Å²) in [6.45, 7) is 5.42. The molecule has 0 radical (unpaired) electrons. The first-order valence-electron chi connectivity index (χ1n) is 8.87. The van der Waals surface area contributed by atoms with Crippen molar-refractivity contribution < 1.29 is 19.1 Å². The van der Waals surface area contributed by atoms with E-state index in [4.69, 9.17) is 16.3 Å². The molecule has 0 heterocycles. The van der Waals surface area contributed by atoms with Gasteiger partial charge < -0.3 is 15.4 Å². The van der Waals surface area contributed by atoms with Crippen LogP contribution in [0.1, 0.15) is 34.8 Å². The third-order valence-corrected chi connectivity index (χ3v) is 4.30. The highest BCUT2D eigenvalue weighted by atomic mass is 35.5. The summed E-state index contributed by atoms with van der Waals surface area (Å²) >= 11 is 5.78. The van der Waals surface area contributed by atoms with E-state index in [1.165, 1.54) is 6.92 Å². The van der Waals surface area contributed by atoms with Crippen LogP contribution in [0.2, 0.25) is 5.02 Å². The van der Waals surface area contributed by atoms with Crippen LogP contribution in [0.25, 0.3) is 0 Å². The lowest BCUT2D eigenvalue weighted by atomic mass is 10.1. The quantitative estimate of drug-likeness (QED) is 0.692. The molecule has 0 aliphatic rings. The van der Waals surface area contributed by atoms with Crippen LogP contribution in [0.15, 0.2) is 42.5 Å². The van der Waals surface area contributed by atoms with Gasteiger partial charge in [-0.25, -0.2) is 0 Å². The molecule has 0 saturated heterocycles. The number of amides is 2. The van der Waals surface area contributed by atoms with Gasteiger partial charge in [0, 0.05) is 22.8 Å². The highest BCUT2D eigenvalue weighted by molar-refractivity contribution is 6.30. The van der Waals surface area contributed by atoms with Gasteiger partial charge in [0.15, 0.2) is 6.10 Å². The summed E-state index contributed by atoms with van der Waals surface area (Å²) in [5, 5.41) is 5.92. The average Bonchev–Trinajstić information content (AvgIpc) is 2.65. The molecule has 2 aromatic carbocycles. The maximum Gasteiger partial charge on any atom is 0.308 e. The molecule has 2 rings (SSSR count). The summed E-state index contributed by atoms with van der Waals surface area (Å²) in [5.41, 5.74) is 3.06. The SMILES string of the molecule is Cc1ccc(C)c(NC(=O)[C@H](C)OC(=O)CCNC(=O)c2ccc(Cl)cc2)c1. The van der Waals surface area contributed by atoms with Gasteiger partial charge in [-0.2, -0.15) is 0 Å². The molecule has 2 aromatic rings. The van der Waals surface area contributed by atoms with Crippen LogP contribution < -0.4 is 10.6 Å². The topological polar surface area (TPSA) is 84.5 Å². The molecule has 0 bridgehead atoms. The minimum Gasteiger partial charge on any atom is -0.452 e. The predicted molar refractivity (Wildman–Crippen MR) is 109 cm³/mol. The van der Waals surface area contributed by atoms with Crippen LogP contribution in [-0.4, -0.2) is 30.4 Å². The molecule has 0 aromatic heterocycles. The van der Waals surface area contributed by atoms with Crippen LogP contribution in [0, 0.1) is 13.8 Å². The number of carbonyl (C=O) groups excluding carboxylic acids is 3. The lowest BCUT2D eigenvalue weighted by Crippen LogP contribution is -2.32. The lowest BCUT2D eigenvalue weighted by Gasteiger charge is -2.15. The van der Waals surface area contributed by atoms with Crippen molar-refractivity contribution in [2.75, 3.05) is 11.9 Å². The number of ether oxygens (including phenoxy) is 1. The second-order valence-corrected chi connectivity index (χ2v) is 6.89. The Morgan fingerprint density at radius 1 is 1.07 bits per heavy atom. The highest BCUT2D eigenvalue weighted by Crippen LogP contribution is 2.17. The molecule has 0 saturated carbocycles. The Balaban J connectivity index is 1.77. The number of esters is 1. The second-order valence-electron chi connectivity index (χ2n) is 6.45. The van der Waals surface area contributed by atoms with Gasteiger partial charge in [0.25, 0.3) is 11.8 Å². The van der Waals surface area contributed by atoms with Gasteiger partial charge in [-0.3, -0.25) is 14.4 Å². The van der Waals surface area contributed by atoms with E-state index in [2.05, 4.69) is 10.6 Å². The molecule has 2 amide bonds. The fourth-order valence-electron chi connectivity index (χ4n) is 2.40. The van der Waals surface area contributed by atoms with Gasteiger partial charge in [0.2, 0.25) is 0 Å². The van der Waals surface area contributed by atoms with E-state index in [9.17, 15) is 14.4 Å². The van der Waals surface area contributed by atoms with Crippen LogP contribution in [0.3, 0.4) is 0 Å². The van der Waals surface area contributed by atoms with E-state index in [-0.39, 0.29) is 18.9 Å². The fraction of sp³-hybridized carbons (Fsp3) is 0.286. The van der Waals surface area contributed by atoms with Crippen LogP contribution in [-0.2, 0) is 14.3 Å². The number of nitrogens with one attached hydrogen (secondary N) is 2. The van der Waals surface area contributed by atoms with Crippen molar-refractivity contribution >= 4 is 35.1 Å². The van der Waals surface area contributed by atoms with Crippen molar-refractivity contribution in [3.63, 3.8) is 0 Å². The molecule has 0 aliphatic carbocycles. The van der Waals surface area contributed by atoms with E-state index in [0.717, 1.165) is 11.1 Å². The first-order chi connectivity index (χ1) is 13.3. The smallest absolute Gasteiger partial charge is 0.308 e. The molecule has 148 valence electrons. The maximum atomic E-state index is 12.2. The summed E-state index contributed by atoms with van der Waals surface area (Å²) in [6.07, 6.45) is -0.986. The maximum absolute atomic E-state index is 12.2. The Kier molecular flexibility index (Phi) is 7.58. The van der Waals surface area contributed by atoms with Crippen molar-refractivity contribution in [1.82, 2.24) is 5.32 Å². The Morgan fingerprint density at radius 2 is 1.75 bits per heavy atom. The van der Waals surface area contributed by atoms with Gasteiger partial charge >= 0.3 is 5.97 Å². The van der Waals surface area contributed by atoms with E-state index < -0.39 is 18.0 Å². The van der Waals surface area contributed by atoms with Crippen LogP contribution >= 0.6 is 11.6 Å². The van der Waals surface area contributed by atoms with E-state index in [0.29, 0.717) is 16.3 Å². The van der Waals surface area contributed by atoms with Gasteiger partial charge in [-0.1, -0.05) is 23.7 Å². The summed E-state index contributed by atoms with van der Waals surface area (Å²) in [4.78, 5) is 36.1. The van der Waals surface area contributed by atoms with Crippen molar-refractivity contribution in [2.45, 2.75) is 33.3 Å². The number of hydrogen-bond donors (Lipinski definition) is 2. The first-order valence-corrected chi connectivity index (χ1v) is 9.25. The molecule has 28 heavy (non-hydrogen) atoms. The Hall–Kier alpha value is -2.86. The van der Waals surface area contributed by atoms with E-state index in [1.54, 1.807) is 24.3 Å². The number of benzene rings is 2. The Morgan fingerprint density at radius 3 is 2.43 bits per heavy atom. The predicted octanol–water partition coefficient (Wildman–Crippen LogP) is 3.65. The minimum atomic E-state index is -0.945. The van der Waals surface area contributed by atoms with Gasteiger partial charge in [-0.05, 0) is 62.2 Å². The largest absolute Gasteiger partial charge is 0.452 e. The fourth-order valence-corrected chi connectivity index (χ4v) is 2.52. The molecule has 0 fully saturated rings. The molecule has 1 atom stereocenters. The third-order valence-electron chi connectivity index (χ3n) is 4.05. The van der Waals surface area contributed by atoms with Crippen LogP contribution in [0.4, 0.5) is 5.69 Å². The van der Waals surface area contributed by atoms with E-state index in [1.807, 2.05) is 32.0 Å². The number of carbonyl (C=O) groups is 3. The van der Waals surface area contributed by atoms with Crippen molar-refractivity contribution in [3.8, 4) is 0 Å². The third kappa shape index (κ3) is 6.39. The summed E-state index contributed by atoms with van der Waals surface area (Å²) < 4.78 is 5.14. The molecule has 0 aliphatic heterocycles. The number of hydrogen-bond acceptors (Lipinski definition) is 4.